The van der Waals surface area contributed by atoms with Crippen LogP contribution in [0.4, 0.5) is 4.79 Å². The minimum Gasteiger partial charge on any atom is -0.336 e. The van der Waals surface area contributed by atoms with Gasteiger partial charge in [-0.2, -0.15) is 11.3 Å². The molecule has 1 aromatic heterocycles. The SMILES string of the molecule is CC1CC(C)CN(C(=O)NCC(c2ccsc2)N(C)C)C1. The second-order valence-corrected chi connectivity index (χ2v) is 7.35. The lowest BCUT2D eigenvalue weighted by Gasteiger charge is -2.35. The van der Waals surface area contributed by atoms with Gasteiger partial charge in [-0.05, 0) is 54.7 Å². The topological polar surface area (TPSA) is 35.6 Å². The fourth-order valence-electron chi connectivity index (χ4n) is 3.19. The largest absolute Gasteiger partial charge is 0.336 e. The van der Waals surface area contributed by atoms with Crippen molar-refractivity contribution in [2.24, 2.45) is 11.8 Å². The third-order valence-corrected chi connectivity index (χ3v) is 4.86. The molecule has 3 atom stereocenters. The van der Waals surface area contributed by atoms with E-state index in [4.69, 9.17) is 0 Å². The summed E-state index contributed by atoms with van der Waals surface area (Å²) in [5.74, 6) is 1.20. The molecular formula is C16H27N3OS. The minimum atomic E-state index is 0.0791. The molecule has 1 aliphatic rings. The average Bonchev–Trinajstić information content (AvgIpc) is 2.91. The Balaban J connectivity index is 1.90. The summed E-state index contributed by atoms with van der Waals surface area (Å²) < 4.78 is 0. The summed E-state index contributed by atoms with van der Waals surface area (Å²) in [7, 11) is 4.11. The van der Waals surface area contributed by atoms with Crippen LogP contribution < -0.4 is 5.32 Å². The van der Waals surface area contributed by atoms with E-state index < -0.39 is 0 Å². The Labute approximate surface area is 132 Å². The highest BCUT2D eigenvalue weighted by atomic mass is 32.1. The minimum absolute atomic E-state index is 0.0791. The highest BCUT2D eigenvalue weighted by molar-refractivity contribution is 7.07. The van der Waals surface area contributed by atoms with Crippen LogP contribution >= 0.6 is 11.3 Å². The monoisotopic (exact) mass is 309 g/mol. The maximum Gasteiger partial charge on any atom is 0.317 e. The number of amides is 2. The van der Waals surface area contributed by atoms with Crippen molar-refractivity contribution in [1.82, 2.24) is 15.1 Å². The quantitative estimate of drug-likeness (QED) is 0.928. The number of carbonyl (C=O) groups excluding carboxylic acids is 1. The maximum atomic E-state index is 12.4. The third-order valence-electron chi connectivity index (χ3n) is 4.15. The van der Waals surface area contributed by atoms with Gasteiger partial charge in [-0.3, -0.25) is 0 Å². The molecule has 0 aliphatic carbocycles. The smallest absolute Gasteiger partial charge is 0.317 e. The molecule has 2 amide bonds. The molecular weight excluding hydrogens is 282 g/mol. The van der Waals surface area contributed by atoms with Crippen molar-refractivity contribution in [1.29, 1.82) is 0 Å². The zero-order valence-corrected chi connectivity index (χ0v) is 14.3. The van der Waals surface area contributed by atoms with E-state index in [-0.39, 0.29) is 12.1 Å². The van der Waals surface area contributed by atoms with Crippen LogP contribution in [0.25, 0.3) is 0 Å². The lowest BCUT2D eigenvalue weighted by molar-refractivity contribution is 0.143. The van der Waals surface area contributed by atoms with Crippen LogP contribution in [0.3, 0.4) is 0 Å². The van der Waals surface area contributed by atoms with Crippen LogP contribution in [-0.2, 0) is 0 Å². The summed E-state index contributed by atoms with van der Waals surface area (Å²) in [6, 6.07) is 2.45. The van der Waals surface area contributed by atoms with Gasteiger partial charge in [0, 0.05) is 19.6 Å². The molecule has 1 saturated heterocycles. The first kappa shape index (κ1) is 16.3. The summed E-state index contributed by atoms with van der Waals surface area (Å²) in [6.07, 6.45) is 1.22. The van der Waals surface area contributed by atoms with Crippen molar-refractivity contribution in [3.8, 4) is 0 Å². The van der Waals surface area contributed by atoms with Gasteiger partial charge in [0.05, 0.1) is 6.04 Å². The number of rotatable bonds is 4. The fourth-order valence-corrected chi connectivity index (χ4v) is 3.89. The predicted octanol–water partition coefficient (Wildman–Crippen LogP) is 3.04. The van der Waals surface area contributed by atoms with Crippen LogP contribution in [0.1, 0.15) is 31.9 Å². The number of thiophene rings is 1. The number of likely N-dealkylation sites (tertiary alicyclic amines) is 1. The molecule has 1 N–H and O–H groups in total. The number of carbonyl (C=O) groups is 1. The molecule has 0 radical (unpaired) electrons. The first-order chi connectivity index (χ1) is 9.97. The lowest BCUT2D eigenvalue weighted by atomic mass is 9.92. The Morgan fingerprint density at radius 3 is 2.62 bits per heavy atom. The molecule has 0 spiro atoms. The number of nitrogens with one attached hydrogen (secondary N) is 1. The van der Waals surface area contributed by atoms with Crippen molar-refractivity contribution in [2.75, 3.05) is 33.7 Å². The molecule has 2 heterocycles. The van der Waals surface area contributed by atoms with Crippen LogP contribution in [0.15, 0.2) is 16.8 Å². The van der Waals surface area contributed by atoms with Gasteiger partial charge in [0.15, 0.2) is 0 Å². The molecule has 2 rings (SSSR count). The Bertz CT molecular complexity index is 436. The normalized spacial score (nSPS) is 24.1. The molecule has 0 saturated carbocycles. The molecule has 0 bridgehead atoms. The van der Waals surface area contributed by atoms with Crippen molar-refractivity contribution >= 4 is 17.4 Å². The molecule has 1 fully saturated rings. The maximum absolute atomic E-state index is 12.4. The van der Waals surface area contributed by atoms with Gasteiger partial charge >= 0.3 is 6.03 Å². The summed E-state index contributed by atoms with van der Waals surface area (Å²) in [5, 5.41) is 7.35. The van der Waals surface area contributed by atoms with E-state index in [9.17, 15) is 4.79 Å². The van der Waals surface area contributed by atoms with E-state index in [1.807, 2.05) is 4.90 Å². The first-order valence-electron chi connectivity index (χ1n) is 7.68. The summed E-state index contributed by atoms with van der Waals surface area (Å²) >= 11 is 1.70. The van der Waals surface area contributed by atoms with Gasteiger partial charge in [0.2, 0.25) is 0 Å². The Morgan fingerprint density at radius 2 is 2.10 bits per heavy atom. The third kappa shape index (κ3) is 4.45. The van der Waals surface area contributed by atoms with Gasteiger partial charge in [-0.1, -0.05) is 13.8 Å². The van der Waals surface area contributed by atoms with Gasteiger partial charge in [0.25, 0.3) is 0 Å². The van der Waals surface area contributed by atoms with Gasteiger partial charge in [0.1, 0.15) is 0 Å². The standard InChI is InChI=1S/C16H27N3OS/c1-12-7-13(2)10-19(9-12)16(20)17-8-15(18(3)4)14-5-6-21-11-14/h5-6,11-13,15H,7-10H2,1-4H3,(H,17,20). The highest BCUT2D eigenvalue weighted by Crippen LogP contribution is 2.22. The summed E-state index contributed by atoms with van der Waals surface area (Å²) in [6.45, 7) is 6.86. The molecule has 3 unspecified atom stereocenters. The number of likely N-dealkylation sites (N-methyl/N-ethyl adjacent to an activating group) is 1. The number of piperidine rings is 1. The fraction of sp³-hybridized carbons (Fsp3) is 0.688. The number of hydrogen-bond acceptors (Lipinski definition) is 3. The summed E-state index contributed by atoms with van der Waals surface area (Å²) in [4.78, 5) is 16.5. The van der Waals surface area contributed by atoms with Crippen LogP contribution in [-0.4, -0.2) is 49.6 Å². The molecule has 21 heavy (non-hydrogen) atoms. The number of urea groups is 1. The van der Waals surface area contributed by atoms with E-state index >= 15 is 0 Å². The highest BCUT2D eigenvalue weighted by Gasteiger charge is 2.26. The molecule has 1 aromatic rings. The van der Waals surface area contributed by atoms with E-state index in [2.05, 4.69) is 55.0 Å². The van der Waals surface area contributed by atoms with Crippen molar-refractivity contribution in [3.05, 3.63) is 22.4 Å². The molecule has 1 aliphatic heterocycles. The zero-order valence-electron chi connectivity index (χ0n) is 13.5. The number of hydrogen-bond donors (Lipinski definition) is 1. The van der Waals surface area contributed by atoms with Crippen LogP contribution in [0.2, 0.25) is 0 Å². The van der Waals surface area contributed by atoms with E-state index in [1.165, 1.54) is 12.0 Å². The van der Waals surface area contributed by atoms with Gasteiger partial charge < -0.3 is 15.1 Å². The first-order valence-corrected chi connectivity index (χ1v) is 8.63. The Hall–Kier alpha value is -1.07. The van der Waals surface area contributed by atoms with Crippen LogP contribution in [0, 0.1) is 11.8 Å². The lowest BCUT2D eigenvalue weighted by Crippen LogP contribution is -2.48. The van der Waals surface area contributed by atoms with Crippen molar-refractivity contribution in [2.45, 2.75) is 26.3 Å². The average molecular weight is 309 g/mol. The molecule has 4 nitrogen and oxygen atoms in total. The van der Waals surface area contributed by atoms with E-state index in [0.717, 1.165) is 13.1 Å². The molecule has 0 aromatic carbocycles. The van der Waals surface area contributed by atoms with E-state index in [1.54, 1.807) is 11.3 Å². The van der Waals surface area contributed by atoms with Crippen molar-refractivity contribution in [3.63, 3.8) is 0 Å². The molecule has 118 valence electrons. The van der Waals surface area contributed by atoms with Crippen molar-refractivity contribution < 1.29 is 4.79 Å². The number of nitrogens with zero attached hydrogens (tertiary/aromatic N) is 2. The second-order valence-electron chi connectivity index (χ2n) is 6.57. The molecule has 5 heteroatoms. The second kappa shape index (κ2) is 7.27. The Morgan fingerprint density at radius 1 is 1.43 bits per heavy atom. The zero-order chi connectivity index (χ0) is 15.4. The Kier molecular flexibility index (Phi) is 5.65. The van der Waals surface area contributed by atoms with Crippen LogP contribution in [0.5, 0.6) is 0 Å². The van der Waals surface area contributed by atoms with Gasteiger partial charge in [-0.15, -0.1) is 0 Å². The summed E-state index contributed by atoms with van der Waals surface area (Å²) in [5.41, 5.74) is 1.27. The van der Waals surface area contributed by atoms with Gasteiger partial charge in [-0.25, -0.2) is 4.79 Å². The predicted molar refractivity (Wildman–Crippen MR) is 88.7 cm³/mol. The van der Waals surface area contributed by atoms with E-state index in [0.29, 0.717) is 18.4 Å².